The largest absolute Gasteiger partial charge is 0.469 e. The number of hydrogen-bond donors (Lipinski definition) is 2. The van der Waals surface area contributed by atoms with Gasteiger partial charge < -0.3 is 24.9 Å². The van der Waals surface area contributed by atoms with E-state index >= 15 is 0 Å². The molecule has 1 aromatic carbocycles. The second-order valence-corrected chi connectivity index (χ2v) is 7.29. The van der Waals surface area contributed by atoms with Gasteiger partial charge in [0.05, 0.1) is 6.26 Å². The van der Waals surface area contributed by atoms with Gasteiger partial charge >= 0.3 is 0 Å². The van der Waals surface area contributed by atoms with Gasteiger partial charge in [-0.25, -0.2) is 4.99 Å². The van der Waals surface area contributed by atoms with Crippen LogP contribution in [-0.2, 0) is 17.6 Å². The second-order valence-electron chi connectivity index (χ2n) is 7.29. The molecule has 8 nitrogen and oxygen atoms in total. The summed E-state index contributed by atoms with van der Waals surface area (Å²) >= 11 is 0. The van der Waals surface area contributed by atoms with E-state index < -0.39 is 0 Å². The van der Waals surface area contributed by atoms with Crippen LogP contribution in [-0.4, -0.2) is 75.4 Å². The Balaban J connectivity index is 0.00000480. The molecule has 1 aromatic heterocycles. The topological polar surface area (TPSA) is 90.2 Å². The van der Waals surface area contributed by atoms with Gasteiger partial charge in [0.15, 0.2) is 5.96 Å². The van der Waals surface area contributed by atoms with E-state index in [1.165, 1.54) is 4.90 Å². The number of nitrogens with zero attached hydrogens (tertiary/aromatic N) is 3. The number of benzene rings is 1. The Labute approximate surface area is 201 Å². The normalized spacial score (nSPS) is 10.8. The first-order valence-corrected chi connectivity index (χ1v) is 9.92. The smallest absolute Gasteiger partial charge is 0.253 e. The summed E-state index contributed by atoms with van der Waals surface area (Å²) in [6.45, 7) is 1.31. The number of nitrogens with one attached hydrogen (secondary N) is 2. The standard InChI is InChI=1S/C22H31N5O3.HI/c1-26(2)20(28)16-25-22(24-13-11-19-9-6-14-30-19)23-12-10-17-7-5-8-18(15-17)21(29)27(3)4;/h5-9,14-15H,10-13,16H2,1-4H3,(H2,23,24,25);1H. The molecule has 0 aliphatic carbocycles. The number of furan rings is 1. The second kappa shape index (κ2) is 13.7. The molecular formula is C22H32IN5O3. The van der Waals surface area contributed by atoms with Crippen LogP contribution in [0.5, 0.6) is 0 Å². The first-order chi connectivity index (χ1) is 14.4. The summed E-state index contributed by atoms with van der Waals surface area (Å²) in [5.41, 5.74) is 1.72. The Hall–Kier alpha value is -2.56. The van der Waals surface area contributed by atoms with E-state index in [0.29, 0.717) is 31.0 Å². The highest BCUT2D eigenvalue weighted by Gasteiger charge is 2.09. The Morgan fingerprint density at radius 3 is 2.29 bits per heavy atom. The molecule has 0 fully saturated rings. The van der Waals surface area contributed by atoms with Crippen molar-refractivity contribution in [2.24, 2.45) is 4.99 Å². The number of halogens is 1. The van der Waals surface area contributed by atoms with Crippen molar-refractivity contribution in [3.8, 4) is 0 Å². The van der Waals surface area contributed by atoms with Crippen molar-refractivity contribution in [3.63, 3.8) is 0 Å². The summed E-state index contributed by atoms with van der Waals surface area (Å²) in [6.07, 6.45) is 3.08. The van der Waals surface area contributed by atoms with Crippen molar-refractivity contribution >= 4 is 41.8 Å². The maximum absolute atomic E-state index is 12.1. The molecule has 0 radical (unpaired) electrons. The minimum absolute atomic E-state index is 0. The van der Waals surface area contributed by atoms with Crippen LogP contribution >= 0.6 is 24.0 Å². The van der Waals surface area contributed by atoms with E-state index in [2.05, 4.69) is 15.6 Å². The zero-order valence-electron chi connectivity index (χ0n) is 18.6. The third-order valence-corrected chi connectivity index (χ3v) is 4.40. The predicted octanol–water partition coefficient (Wildman–Crippen LogP) is 2.01. The molecule has 2 aromatic rings. The monoisotopic (exact) mass is 541 g/mol. The Morgan fingerprint density at radius 1 is 0.968 bits per heavy atom. The lowest BCUT2D eigenvalue weighted by atomic mass is 10.1. The van der Waals surface area contributed by atoms with Gasteiger partial charge in [-0.1, -0.05) is 12.1 Å². The minimum atomic E-state index is -0.0722. The van der Waals surface area contributed by atoms with Crippen molar-refractivity contribution in [2.75, 3.05) is 47.8 Å². The van der Waals surface area contributed by atoms with E-state index in [9.17, 15) is 9.59 Å². The van der Waals surface area contributed by atoms with Crippen LogP contribution in [0.2, 0.25) is 0 Å². The average Bonchev–Trinajstić information content (AvgIpc) is 3.24. The van der Waals surface area contributed by atoms with Gasteiger partial charge in [-0.2, -0.15) is 0 Å². The molecule has 9 heteroatoms. The zero-order chi connectivity index (χ0) is 21.9. The molecule has 2 rings (SSSR count). The van der Waals surface area contributed by atoms with E-state index in [1.54, 1.807) is 39.4 Å². The molecule has 1 heterocycles. The van der Waals surface area contributed by atoms with Crippen molar-refractivity contribution in [2.45, 2.75) is 12.8 Å². The fourth-order valence-corrected chi connectivity index (χ4v) is 2.66. The number of likely N-dealkylation sites (N-methyl/N-ethyl adjacent to an activating group) is 1. The molecule has 31 heavy (non-hydrogen) atoms. The summed E-state index contributed by atoms with van der Waals surface area (Å²) in [5, 5.41) is 6.49. The van der Waals surface area contributed by atoms with Crippen LogP contribution in [0.1, 0.15) is 21.7 Å². The van der Waals surface area contributed by atoms with Crippen molar-refractivity contribution in [3.05, 3.63) is 59.5 Å². The number of amides is 2. The third kappa shape index (κ3) is 9.41. The van der Waals surface area contributed by atoms with Gasteiger partial charge in [-0.05, 0) is 36.2 Å². The predicted molar refractivity (Wildman–Crippen MR) is 133 cm³/mol. The van der Waals surface area contributed by atoms with Crippen LogP contribution in [0, 0.1) is 0 Å². The molecule has 2 N–H and O–H groups in total. The highest BCUT2D eigenvalue weighted by molar-refractivity contribution is 14.0. The molecule has 0 aliphatic heterocycles. The van der Waals surface area contributed by atoms with Gasteiger partial charge in [-0.15, -0.1) is 24.0 Å². The number of carbonyl (C=O) groups excluding carboxylic acids is 2. The Bertz CT molecular complexity index is 851. The van der Waals surface area contributed by atoms with Crippen LogP contribution in [0.25, 0.3) is 0 Å². The number of guanidine groups is 1. The first kappa shape index (κ1) is 26.5. The molecule has 0 saturated heterocycles. The number of hydrogen-bond acceptors (Lipinski definition) is 4. The number of rotatable bonds is 9. The van der Waals surface area contributed by atoms with E-state index in [1.807, 2.05) is 36.4 Å². The van der Waals surface area contributed by atoms with Crippen LogP contribution in [0.4, 0.5) is 0 Å². The fourth-order valence-electron chi connectivity index (χ4n) is 2.66. The van der Waals surface area contributed by atoms with Crippen molar-refractivity contribution < 1.29 is 14.0 Å². The van der Waals surface area contributed by atoms with Gasteiger partial charge in [0.25, 0.3) is 5.91 Å². The maximum atomic E-state index is 12.1. The number of carbonyl (C=O) groups is 2. The lowest BCUT2D eigenvalue weighted by Gasteiger charge is -2.14. The lowest BCUT2D eigenvalue weighted by molar-refractivity contribution is -0.127. The van der Waals surface area contributed by atoms with Gasteiger partial charge in [0, 0.05) is 53.3 Å². The highest BCUT2D eigenvalue weighted by atomic mass is 127. The molecule has 0 atom stereocenters. The summed E-state index contributed by atoms with van der Waals surface area (Å²) < 4.78 is 5.34. The molecular weight excluding hydrogens is 509 g/mol. The molecule has 0 saturated carbocycles. The number of aliphatic imine (C=N–C) groups is 1. The quantitative estimate of drug-likeness (QED) is 0.288. The first-order valence-electron chi connectivity index (χ1n) is 9.92. The third-order valence-electron chi connectivity index (χ3n) is 4.40. The van der Waals surface area contributed by atoms with E-state index in [0.717, 1.165) is 17.7 Å². The van der Waals surface area contributed by atoms with Gasteiger partial charge in [0.1, 0.15) is 12.3 Å². The average molecular weight is 541 g/mol. The lowest BCUT2D eigenvalue weighted by Crippen LogP contribution is -2.40. The summed E-state index contributed by atoms with van der Waals surface area (Å²) in [7, 11) is 6.89. The van der Waals surface area contributed by atoms with Crippen LogP contribution in [0.3, 0.4) is 0 Å². The highest BCUT2D eigenvalue weighted by Crippen LogP contribution is 2.07. The molecule has 0 spiro atoms. The maximum Gasteiger partial charge on any atom is 0.253 e. The molecule has 0 unspecified atom stereocenters. The zero-order valence-corrected chi connectivity index (χ0v) is 20.9. The summed E-state index contributed by atoms with van der Waals surface area (Å²) in [6, 6.07) is 11.4. The molecule has 0 bridgehead atoms. The van der Waals surface area contributed by atoms with Crippen LogP contribution in [0.15, 0.2) is 52.1 Å². The SMILES string of the molecule is CN(C)C(=O)CN=C(NCCc1cccc(C(=O)N(C)C)c1)NCCc1ccco1.I. The molecule has 170 valence electrons. The molecule has 2 amide bonds. The van der Waals surface area contributed by atoms with E-state index in [4.69, 9.17) is 4.42 Å². The molecule has 0 aliphatic rings. The van der Waals surface area contributed by atoms with Gasteiger partial charge in [0.2, 0.25) is 5.91 Å². The van der Waals surface area contributed by atoms with Crippen molar-refractivity contribution in [1.29, 1.82) is 0 Å². The van der Waals surface area contributed by atoms with Crippen molar-refractivity contribution in [1.82, 2.24) is 20.4 Å². The summed E-state index contributed by atoms with van der Waals surface area (Å²) in [5.74, 6) is 1.36. The fraction of sp³-hybridized carbons (Fsp3) is 0.409. The van der Waals surface area contributed by atoms with E-state index in [-0.39, 0.29) is 42.3 Å². The Morgan fingerprint density at radius 2 is 1.68 bits per heavy atom. The van der Waals surface area contributed by atoms with Crippen LogP contribution < -0.4 is 10.6 Å². The Kier molecular flexibility index (Phi) is 11.7. The summed E-state index contributed by atoms with van der Waals surface area (Å²) in [4.78, 5) is 31.5. The van der Waals surface area contributed by atoms with Gasteiger partial charge in [-0.3, -0.25) is 9.59 Å². The minimum Gasteiger partial charge on any atom is -0.469 e.